The molecule has 1 amide bonds. The molecule has 0 spiro atoms. The summed E-state index contributed by atoms with van der Waals surface area (Å²) >= 11 is 0. The number of carbonyl (C=O) groups excluding carboxylic acids is 1. The average molecular weight is 244 g/mol. The fourth-order valence-corrected chi connectivity index (χ4v) is 1.05. The summed E-state index contributed by atoms with van der Waals surface area (Å²) < 4.78 is 28.5. The van der Waals surface area contributed by atoms with E-state index in [2.05, 4.69) is 10.1 Å². The second-order valence-electron chi connectivity index (χ2n) is 4.05. The van der Waals surface area contributed by atoms with Crippen molar-refractivity contribution in [1.29, 1.82) is 0 Å². The van der Waals surface area contributed by atoms with Gasteiger partial charge in [-0.15, -0.1) is 0 Å². The zero-order chi connectivity index (χ0) is 13.1. The molecule has 0 bridgehead atoms. The van der Waals surface area contributed by atoms with Crippen LogP contribution in [0.1, 0.15) is 13.8 Å². The van der Waals surface area contributed by atoms with Crippen LogP contribution in [0.5, 0.6) is 5.75 Å². The van der Waals surface area contributed by atoms with Gasteiger partial charge in [-0.2, -0.15) is 8.78 Å². The first kappa shape index (κ1) is 13.4. The molecule has 0 saturated heterocycles. The molecule has 0 heterocycles. The van der Waals surface area contributed by atoms with Crippen LogP contribution in [-0.4, -0.2) is 18.1 Å². The van der Waals surface area contributed by atoms with Crippen molar-refractivity contribution < 1.29 is 18.3 Å². The van der Waals surface area contributed by atoms with Gasteiger partial charge in [0.2, 0.25) is 5.91 Å². The van der Waals surface area contributed by atoms with Crippen molar-refractivity contribution in [3.8, 4) is 5.75 Å². The van der Waals surface area contributed by atoms with Gasteiger partial charge in [-0.05, 0) is 26.0 Å². The Morgan fingerprint density at radius 1 is 1.41 bits per heavy atom. The van der Waals surface area contributed by atoms with Gasteiger partial charge in [0.05, 0.1) is 11.2 Å². The minimum atomic E-state index is -2.95. The molecule has 0 saturated carbocycles. The van der Waals surface area contributed by atoms with Gasteiger partial charge in [0.15, 0.2) is 0 Å². The van der Waals surface area contributed by atoms with E-state index in [-0.39, 0.29) is 11.4 Å². The maximum Gasteiger partial charge on any atom is 0.387 e. The number of anilines is 1. The van der Waals surface area contributed by atoms with E-state index in [1.807, 2.05) is 0 Å². The summed E-state index contributed by atoms with van der Waals surface area (Å²) in [5.41, 5.74) is 4.64. The van der Waals surface area contributed by atoms with Crippen LogP contribution in [0.25, 0.3) is 0 Å². The fraction of sp³-hybridized carbons (Fsp3) is 0.364. The maximum absolute atomic E-state index is 12.1. The molecule has 94 valence electrons. The monoisotopic (exact) mass is 244 g/mol. The first-order valence-corrected chi connectivity index (χ1v) is 4.95. The van der Waals surface area contributed by atoms with Crippen molar-refractivity contribution in [3.63, 3.8) is 0 Å². The maximum atomic E-state index is 12.1. The topological polar surface area (TPSA) is 64.4 Å². The average Bonchev–Trinajstić information content (AvgIpc) is 2.18. The zero-order valence-corrected chi connectivity index (χ0v) is 9.54. The second kappa shape index (κ2) is 5.09. The van der Waals surface area contributed by atoms with Crippen LogP contribution in [0.15, 0.2) is 24.3 Å². The lowest BCUT2D eigenvalue weighted by Gasteiger charge is -2.19. The summed E-state index contributed by atoms with van der Waals surface area (Å²) in [6, 6.07) is 5.92. The Labute approximate surface area is 97.8 Å². The molecule has 0 atom stereocenters. The molecule has 4 nitrogen and oxygen atoms in total. The normalized spacial score (nSPS) is 11.4. The number of carbonyl (C=O) groups is 1. The highest BCUT2D eigenvalue weighted by molar-refractivity contribution is 5.98. The largest absolute Gasteiger partial charge is 0.433 e. The number of benzene rings is 1. The standard InChI is InChI=1S/C11H14F2N2O2/c1-11(2,14)9(16)15-7-5-3-4-6-8(7)17-10(12)13/h3-6,10H,14H2,1-2H3,(H,15,16). The van der Waals surface area contributed by atoms with Crippen molar-refractivity contribution >= 4 is 11.6 Å². The molecule has 0 radical (unpaired) electrons. The molecule has 6 heteroatoms. The number of halogens is 2. The smallest absolute Gasteiger partial charge is 0.387 e. The molecule has 17 heavy (non-hydrogen) atoms. The highest BCUT2D eigenvalue weighted by atomic mass is 19.3. The Hall–Kier alpha value is -1.69. The van der Waals surface area contributed by atoms with Gasteiger partial charge in [0.1, 0.15) is 5.75 Å². The fourth-order valence-electron chi connectivity index (χ4n) is 1.05. The summed E-state index contributed by atoms with van der Waals surface area (Å²) in [6.07, 6.45) is 0. The van der Waals surface area contributed by atoms with Gasteiger partial charge in [-0.25, -0.2) is 0 Å². The first-order chi connectivity index (χ1) is 7.80. The molecule has 0 aliphatic carbocycles. The number of hydrogen-bond acceptors (Lipinski definition) is 3. The van der Waals surface area contributed by atoms with Crippen molar-refractivity contribution in [2.24, 2.45) is 5.73 Å². The SMILES string of the molecule is CC(C)(N)C(=O)Nc1ccccc1OC(F)F. The third-order valence-electron chi connectivity index (χ3n) is 1.94. The highest BCUT2D eigenvalue weighted by Crippen LogP contribution is 2.25. The molecular formula is C11H14F2N2O2. The highest BCUT2D eigenvalue weighted by Gasteiger charge is 2.23. The number of ether oxygens (including phenoxy) is 1. The van der Waals surface area contributed by atoms with E-state index in [1.54, 1.807) is 6.07 Å². The number of rotatable bonds is 4. The predicted molar refractivity (Wildman–Crippen MR) is 60.0 cm³/mol. The quantitative estimate of drug-likeness (QED) is 0.851. The Balaban J connectivity index is 2.87. The van der Waals surface area contributed by atoms with E-state index < -0.39 is 18.1 Å². The number of amides is 1. The Morgan fingerprint density at radius 3 is 2.53 bits per heavy atom. The van der Waals surface area contributed by atoms with E-state index in [1.165, 1.54) is 32.0 Å². The van der Waals surface area contributed by atoms with Gasteiger partial charge in [-0.3, -0.25) is 4.79 Å². The lowest BCUT2D eigenvalue weighted by Crippen LogP contribution is -2.45. The van der Waals surface area contributed by atoms with Crippen molar-refractivity contribution in [2.45, 2.75) is 26.0 Å². The first-order valence-electron chi connectivity index (χ1n) is 4.95. The number of nitrogens with two attached hydrogens (primary N) is 1. The van der Waals surface area contributed by atoms with E-state index >= 15 is 0 Å². The van der Waals surface area contributed by atoms with Gasteiger partial charge in [-0.1, -0.05) is 12.1 Å². The van der Waals surface area contributed by atoms with Gasteiger partial charge in [0.25, 0.3) is 0 Å². The molecule has 1 aromatic rings. The molecule has 0 unspecified atom stereocenters. The van der Waals surface area contributed by atoms with Crippen LogP contribution in [0, 0.1) is 0 Å². The molecule has 0 aliphatic heterocycles. The Kier molecular flexibility index (Phi) is 4.01. The number of nitrogens with one attached hydrogen (secondary N) is 1. The number of para-hydroxylation sites is 2. The Bertz CT molecular complexity index is 403. The van der Waals surface area contributed by atoms with E-state index in [4.69, 9.17) is 5.73 Å². The van der Waals surface area contributed by atoms with Gasteiger partial charge >= 0.3 is 6.61 Å². The van der Waals surface area contributed by atoms with Gasteiger partial charge < -0.3 is 15.8 Å². The molecule has 3 N–H and O–H groups in total. The van der Waals surface area contributed by atoms with Crippen molar-refractivity contribution in [1.82, 2.24) is 0 Å². The van der Waals surface area contributed by atoms with E-state index in [0.717, 1.165) is 0 Å². The van der Waals surface area contributed by atoms with Crippen LogP contribution in [0.4, 0.5) is 14.5 Å². The summed E-state index contributed by atoms with van der Waals surface area (Å²) in [5, 5.41) is 2.43. The Morgan fingerprint density at radius 2 is 2.00 bits per heavy atom. The van der Waals surface area contributed by atoms with Crippen LogP contribution in [-0.2, 0) is 4.79 Å². The lowest BCUT2D eigenvalue weighted by molar-refractivity contribution is -0.120. The van der Waals surface area contributed by atoms with E-state index in [9.17, 15) is 13.6 Å². The number of alkyl halides is 2. The summed E-state index contributed by atoms with van der Waals surface area (Å²) in [4.78, 5) is 11.6. The van der Waals surface area contributed by atoms with Crippen LogP contribution in [0.2, 0.25) is 0 Å². The molecule has 0 fully saturated rings. The van der Waals surface area contributed by atoms with Crippen LogP contribution >= 0.6 is 0 Å². The third-order valence-corrected chi connectivity index (χ3v) is 1.94. The summed E-state index contributed by atoms with van der Waals surface area (Å²) in [7, 11) is 0. The van der Waals surface area contributed by atoms with Crippen LogP contribution in [0.3, 0.4) is 0 Å². The third kappa shape index (κ3) is 3.99. The minimum Gasteiger partial charge on any atom is -0.433 e. The molecule has 0 aromatic heterocycles. The molecule has 1 rings (SSSR count). The van der Waals surface area contributed by atoms with Crippen molar-refractivity contribution in [2.75, 3.05) is 5.32 Å². The lowest BCUT2D eigenvalue weighted by atomic mass is 10.1. The molecule has 1 aromatic carbocycles. The summed E-state index contributed by atoms with van der Waals surface area (Å²) in [6.45, 7) is 0.0802. The van der Waals surface area contributed by atoms with E-state index in [0.29, 0.717) is 0 Å². The van der Waals surface area contributed by atoms with Gasteiger partial charge in [0, 0.05) is 0 Å². The summed E-state index contributed by atoms with van der Waals surface area (Å²) in [5.74, 6) is -0.581. The second-order valence-corrected chi connectivity index (χ2v) is 4.05. The van der Waals surface area contributed by atoms with Crippen molar-refractivity contribution in [3.05, 3.63) is 24.3 Å². The number of hydrogen-bond donors (Lipinski definition) is 2. The predicted octanol–water partition coefficient (Wildman–Crippen LogP) is 1.96. The minimum absolute atomic E-state index is 0.0971. The molecule has 0 aliphatic rings. The van der Waals surface area contributed by atoms with Crippen LogP contribution < -0.4 is 15.8 Å². The molecular weight excluding hydrogens is 230 g/mol. The zero-order valence-electron chi connectivity index (χ0n) is 9.54.